The number of benzene rings is 1. The summed E-state index contributed by atoms with van der Waals surface area (Å²) in [4.78, 5) is 20.6. The van der Waals surface area contributed by atoms with E-state index in [9.17, 15) is 18.0 Å². The fourth-order valence-electron chi connectivity index (χ4n) is 3.52. The highest BCUT2D eigenvalue weighted by molar-refractivity contribution is 6.30. The summed E-state index contributed by atoms with van der Waals surface area (Å²) in [6, 6.07) is 9.97. The number of hydrogen-bond donors (Lipinski definition) is 0. The Morgan fingerprint density at radius 1 is 1.00 bits per heavy atom. The number of piperazine rings is 1. The topological polar surface area (TPSA) is 54.3 Å². The van der Waals surface area contributed by atoms with Crippen molar-refractivity contribution < 1.29 is 18.0 Å². The third-order valence-corrected chi connectivity index (χ3v) is 5.37. The van der Waals surface area contributed by atoms with Gasteiger partial charge in [0.2, 0.25) is 0 Å². The maximum atomic E-state index is 13.9. The minimum atomic E-state index is -4.73. The summed E-state index contributed by atoms with van der Waals surface area (Å²) in [5.41, 5.74) is -0.362. The van der Waals surface area contributed by atoms with Crippen molar-refractivity contribution in [2.75, 3.05) is 31.1 Å². The fourth-order valence-corrected chi connectivity index (χ4v) is 3.64. The number of alkyl halides is 3. The molecule has 0 spiro atoms. The normalized spacial score (nSPS) is 14.7. The summed E-state index contributed by atoms with van der Waals surface area (Å²) in [7, 11) is 0. The first-order chi connectivity index (χ1) is 14.7. The van der Waals surface area contributed by atoms with Crippen LogP contribution in [0.2, 0.25) is 5.02 Å². The first-order valence-electron chi connectivity index (χ1n) is 9.62. The standard InChI is InChI=1S/C21H19ClF3N5O/c1-14-2-5-16(6-3-14)30-19(21(23,24)25)17(13-27-30)20(31)29-10-8-28(9-11-29)18-7-4-15(22)12-26-18/h2-7,12-13H,8-11H2,1H3. The van der Waals surface area contributed by atoms with Crippen LogP contribution in [0.1, 0.15) is 21.6 Å². The van der Waals surface area contributed by atoms with Gasteiger partial charge in [-0.1, -0.05) is 29.3 Å². The molecule has 6 nitrogen and oxygen atoms in total. The van der Waals surface area contributed by atoms with Gasteiger partial charge in [-0.2, -0.15) is 18.3 Å². The monoisotopic (exact) mass is 449 g/mol. The number of amides is 1. The number of aromatic nitrogens is 3. The van der Waals surface area contributed by atoms with Crippen molar-refractivity contribution in [3.8, 4) is 5.69 Å². The van der Waals surface area contributed by atoms with Crippen LogP contribution < -0.4 is 4.90 Å². The molecule has 10 heteroatoms. The van der Waals surface area contributed by atoms with Crippen LogP contribution in [0, 0.1) is 6.92 Å². The van der Waals surface area contributed by atoms with E-state index in [1.165, 1.54) is 11.1 Å². The Balaban J connectivity index is 1.56. The predicted molar refractivity (Wildman–Crippen MR) is 111 cm³/mol. The molecular weight excluding hydrogens is 431 g/mol. The molecule has 1 aliphatic heterocycles. The van der Waals surface area contributed by atoms with Crippen LogP contribution in [0.15, 0.2) is 48.8 Å². The summed E-state index contributed by atoms with van der Waals surface area (Å²) in [5, 5.41) is 4.40. The van der Waals surface area contributed by atoms with Crippen molar-refractivity contribution in [2.24, 2.45) is 0 Å². The Kier molecular flexibility index (Phi) is 5.62. The fraction of sp³-hybridized carbons (Fsp3) is 0.286. The molecule has 1 saturated heterocycles. The van der Waals surface area contributed by atoms with Gasteiger partial charge in [-0.25, -0.2) is 9.67 Å². The Labute approximate surface area is 181 Å². The minimum Gasteiger partial charge on any atom is -0.353 e. The van der Waals surface area contributed by atoms with E-state index in [0.29, 0.717) is 23.9 Å². The quantitative estimate of drug-likeness (QED) is 0.601. The van der Waals surface area contributed by atoms with Crippen molar-refractivity contribution >= 4 is 23.3 Å². The number of aryl methyl sites for hydroxylation is 1. The molecular formula is C21H19ClF3N5O. The zero-order valence-corrected chi connectivity index (χ0v) is 17.4. The number of carbonyl (C=O) groups is 1. The minimum absolute atomic E-state index is 0.246. The zero-order valence-electron chi connectivity index (χ0n) is 16.6. The molecule has 0 bridgehead atoms. The maximum absolute atomic E-state index is 13.9. The van der Waals surface area contributed by atoms with Gasteiger partial charge < -0.3 is 9.80 Å². The summed E-state index contributed by atoms with van der Waals surface area (Å²) in [6.45, 7) is 3.29. The van der Waals surface area contributed by atoms with Crippen LogP contribution in [-0.4, -0.2) is 51.8 Å². The Morgan fingerprint density at radius 3 is 2.26 bits per heavy atom. The second kappa shape index (κ2) is 8.22. The Hall–Kier alpha value is -3.07. The molecule has 31 heavy (non-hydrogen) atoms. The highest BCUT2D eigenvalue weighted by Gasteiger charge is 2.41. The van der Waals surface area contributed by atoms with E-state index in [1.807, 2.05) is 11.8 Å². The molecule has 0 aliphatic carbocycles. The third kappa shape index (κ3) is 4.36. The van der Waals surface area contributed by atoms with Crippen LogP contribution in [-0.2, 0) is 6.18 Å². The number of halogens is 4. The molecule has 1 fully saturated rings. The van der Waals surface area contributed by atoms with Crippen molar-refractivity contribution in [3.63, 3.8) is 0 Å². The first-order valence-corrected chi connectivity index (χ1v) is 10.00. The van der Waals surface area contributed by atoms with Crippen LogP contribution in [0.25, 0.3) is 5.69 Å². The summed E-state index contributed by atoms with van der Waals surface area (Å²) < 4.78 is 42.5. The van der Waals surface area contributed by atoms with Crippen molar-refractivity contribution in [3.05, 3.63) is 70.6 Å². The Bertz CT molecular complexity index is 1070. The number of rotatable bonds is 3. The van der Waals surface area contributed by atoms with E-state index in [1.54, 1.807) is 36.4 Å². The largest absolute Gasteiger partial charge is 0.434 e. The Morgan fingerprint density at radius 2 is 1.68 bits per heavy atom. The molecule has 0 N–H and O–H groups in total. The number of carbonyl (C=O) groups excluding carboxylic acids is 1. The van der Waals surface area contributed by atoms with Gasteiger partial charge in [0.15, 0.2) is 5.69 Å². The molecule has 2 aromatic heterocycles. The summed E-state index contributed by atoms with van der Waals surface area (Å²) in [5.74, 6) is 0.0223. The van der Waals surface area contributed by atoms with Gasteiger partial charge in [0.25, 0.3) is 5.91 Å². The lowest BCUT2D eigenvalue weighted by Crippen LogP contribution is -2.49. The van der Waals surface area contributed by atoms with E-state index in [0.717, 1.165) is 16.4 Å². The molecule has 0 radical (unpaired) electrons. The number of nitrogens with zero attached hydrogens (tertiary/aromatic N) is 5. The average molecular weight is 450 g/mol. The molecule has 162 valence electrons. The highest BCUT2D eigenvalue weighted by Crippen LogP contribution is 2.34. The van der Waals surface area contributed by atoms with E-state index in [4.69, 9.17) is 11.6 Å². The first kappa shape index (κ1) is 21.2. The van der Waals surface area contributed by atoms with Gasteiger partial charge in [0.1, 0.15) is 5.82 Å². The summed E-state index contributed by atoms with van der Waals surface area (Å²) >= 11 is 5.85. The number of pyridine rings is 1. The average Bonchev–Trinajstić information content (AvgIpc) is 3.20. The van der Waals surface area contributed by atoms with Gasteiger partial charge in [-0.05, 0) is 31.2 Å². The van der Waals surface area contributed by atoms with E-state index in [2.05, 4.69) is 10.1 Å². The zero-order chi connectivity index (χ0) is 22.2. The van der Waals surface area contributed by atoms with Crippen LogP contribution in [0.5, 0.6) is 0 Å². The third-order valence-electron chi connectivity index (χ3n) is 5.15. The van der Waals surface area contributed by atoms with Gasteiger partial charge in [0.05, 0.1) is 22.5 Å². The van der Waals surface area contributed by atoms with Gasteiger partial charge in [-0.3, -0.25) is 4.79 Å². The van der Waals surface area contributed by atoms with Gasteiger partial charge >= 0.3 is 6.18 Å². The molecule has 4 rings (SSSR count). The van der Waals surface area contributed by atoms with Gasteiger partial charge in [0, 0.05) is 32.4 Å². The lowest BCUT2D eigenvalue weighted by molar-refractivity contribution is -0.143. The molecule has 0 unspecified atom stereocenters. The van der Waals surface area contributed by atoms with Gasteiger partial charge in [-0.15, -0.1) is 0 Å². The van der Waals surface area contributed by atoms with Crippen molar-refractivity contribution in [1.29, 1.82) is 0 Å². The van der Waals surface area contributed by atoms with Crippen molar-refractivity contribution in [2.45, 2.75) is 13.1 Å². The number of anilines is 1. The highest BCUT2D eigenvalue weighted by atomic mass is 35.5. The van der Waals surface area contributed by atoms with Crippen LogP contribution in [0.4, 0.5) is 19.0 Å². The lowest BCUT2D eigenvalue weighted by Gasteiger charge is -2.35. The smallest absolute Gasteiger partial charge is 0.353 e. The molecule has 3 aromatic rings. The maximum Gasteiger partial charge on any atom is 0.434 e. The molecule has 0 saturated carbocycles. The molecule has 1 aliphatic rings. The summed E-state index contributed by atoms with van der Waals surface area (Å²) in [6.07, 6.45) is -2.21. The SMILES string of the molecule is Cc1ccc(-n2ncc(C(=O)N3CCN(c4ccc(Cl)cn4)CC3)c2C(F)(F)F)cc1. The van der Waals surface area contributed by atoms with E-state index < -0.39 is 23.3 Å². The van der Waals surface area contributed by atoms with Crippen LogP contribution in [0.3, 0.4) is 0 Å². The molecule has 3 heterocycles. The molecule has 1 aromatic carbocycles. The lowest BCUT2D eigenvalue weighted by atomic mass is 10.1. The molecule has 0 atom stereocenters. The second-order valence-corrected chi connectivity index (χ2v) is 7.70. The van der Waals surface area contributed by atoms with Crippen LogP contribution >= 0.6 is 11.6 Å². The second-order valence-electron chi connectivity index (χ2n) is 7.27. The van der Waals surface area contributed by atoms with E-state index >= 15 is 0 Å². The predicted octanol–water partition coefficient (Wildman–Crippen LogP) is 4.21. The molecule has 1 amide bonds. The van der Waals surface area contributed by atoms with Crippen molar-refractivity contribution in [1.82, 2.24) is 19.7 Å². The van der Waals surface area contributed by atoms with E-state index in [-0.39, 0.29) is 18.8 Å². The number of hydrogen-bond acceptors (Lipinski definition) is 4.